The standard InChI is InChI=1S/C24H26Cl2N2O4/c1-4-32-17-8-5-7-16(13-17)22(29)20-21(15-9-10-18(25)19(26)14-15)28(24(31)23(20)30)12-6-11-27(2)3/h5,7-10,13-14,21,29H,4,6,11-12H2,1-3H3/b22-20+. The van der Waals surface area contributed by atoms with Crippen molar-refractivity contribution >= 4 is 40.7 Å². The molecule has 1 N–H and O–H groups in total. The van der Waals surface area contributed by atoms with Crippen LogP contribution in [0.1, 0.15) is 30.5 Å². The lowest BCUT2D eigenvalue weighted by molar-refractivity contribution is -0.139. The van der Waals surface area contributed by atoms with Crippen LogP contribution in [-0.4, -0.2) is 60.4 Å². The zero-order valence-electron chi connectivity index (χ0n) is 18.3. The molecule has 0 spiro atoms. The number of benzene rings is 2. The summed E-state index contributed by atoms with van der Waals surface area (Å²) in [5.41, 5.74) is 1.02. The molecule has 2 aromatic carbocycles. The lowest BCUT2D eigenvalue weighted by Crippen LogP contribution is -2.32. The van der Waals surface area contributed by atoms with Gasteiger partial charge in [0.1, 0.15) is 11.5 Å². The second kappa shape index (κ2) is 10.4. The van der Waals surface area contributed by atoms with Gasteiger partial charge in [0.05, 0.1) is 28.3 Å². The van der Waals surface area contributed by atoms with Gasteiger partial charge in [-0.05, 0) is 63.8 Å². The molecular weight excluding hydrogens is 451 g/mol. The molecule has 1 aliphatic heterocycles. The highest BCUT2D eigenvalue weighted by atomic mass is 35.5. The van der Waals surface area contributed by atoms with Gasteiger partial charge in [-0.1, -0.05) is 41.4 Å². The van der Waals surface area contributed by atoms with Crippen molar-refractivity contribution < 1.29 is 19.4 Å². The number of aliphatic hydroxyl groups is 1. The van der Waals surface area contributed by atoms with E-state index < -0.39 is 17.7 Å². The number of halogens is 2. The Morgan fingerprint density at radius 2 is 1.88 bits per heavy atom. The molecule has 0 radical (unpaired) electrons. The van der Waals surface area contributed by atoms with Crippen LogP contribution in [0.3, 0.4) is 0 Å². The van der Waals surface area contributed by atoms with Crippen LogP contribution in [-0.2, 0) is 9.59 Å². The number of hydrogen-bond donors (Lipinski definition) is 1. The van der Waals surface area contributed by atoms with Gasteiger partial charge in [0.15, 0.2) is 0 Å². The number of carbonyl (C=O) groups is 2. The third-order valence-electron chi connectivity index (χ3n) is 5.22. The second-order valence-corrected chi connectivity index (χ2v) is 8.60. The van der Waals surface area contributed by atoms with E-state index in [1.165, 1.54) is 4.90 Å². The minimum atomic E-state index is -0.775. The van der Waals surface area contributed by atoms with Crippen LogP contribution in [0.2, 0.25) is 10.0 Å². The molecule has 0 aromatic heterocycles. The van der Waals surface area contributed by atoms with Crippen molar-refractivity contribution in [1.29, 1.82) is 0 Å². The molecule has 0 bridgehead atoms. The molecule has 0 aliphatic carbocycles. The second-order valence-electron chi connectivity index (χ2n) is 7.78. The summed E-state index contributed by atoms with van der Waals surface area (Å²) in [6.45, 7) is 3.41. The molecule has 8 heteroatoms. The number of rotatable bonds is 8. The van der Waals surface area contributed by atoms with E-state index in [0.29, 0.717) is 46.5 Å². The van der Waals surface area contributed by atoms with Crippen LogP contribution in [0.5, 0.6) is 5.75 Å². The fourth-order valence-corrected chi connectivity index (χ4v) is 4.06. The number of carbonyl (C=O) groups excluding carboxylic acids is 2. The first-order valence-corrected chi connectivity index (χ1v) is 11.1. The molecule has 1 saturated heterocycles. The van der Waals surface area contributed by atoms with Crippen molar-refractivity contribution in [3.8, 4) is 5.75 Å². The molecule has 0 saturated carbocycles. The molecule has 1 amide bonds. The lowest BCUT2D eigenvalue weighted by atomic mass is 9.95. The van der Waals surface area contributed by atoms with Crippen LogP contribution < -0.4 is 4.74 Å². The van der Waals surface area contributed by atoms with Crippen LogP contribution >= 0.6 is 23.2 Å². The zero-order chi connectivity index (χ0) is 23.4. The van der Waals surface area contributed by atoms with E-state index >= 15 is 0 Å². The molecule has 170 valence electrons. The lowest BCUT2D eigenvalue weighted by Gasteiger charge is -2.26. The largest absolute Gasteiger partial charge is 0.507 e. The normalized spacial score (nSPS) is 17.9. The maximum absolute atomic E-state index is 13.1. The van der Waals surface area contributed by atoms with Gasteiger partial charge in [0, 0.05) is 12.1 Å². The molecule has 3 rings (SSSR count). The van der Waals surface area contributed by atoms with Gasteiger partial charge >= 0.3 is 0 Å². The summed E-state index contributed by atoms with van der Waals surface area (Å²) in [4.78, 5) is 29.5. The van der Waals surface area contributed by atoms with Crippen molar-refractivity contribution in [1.82, 2.24) is 9.80 Å². The summed E-state index contributed by atoms with van der Waals surface area (Å²) in [6.07, 6.45) is 0.664. The number of nitrogens with zero attached hydrogens (tertiary/aromatic N) is 2. The average Bonchev–Trinajstić information content (AvgIpc) is 3.00. The van der Waals surface area contributed by atoms with E-state index in [1.54, 1.807) is 42.5 Å². The first kappa shape index (κ1) is 24.1. The van der Waals surface area contributed by atoms with Gasteiger partial charge in [-0.3, -0.25) is 9.59 Å². The Kier molecular flexibility index (Phi) is 7.82. The van der Waals surface area contributed by atoms with Crippen LogP contribution in [0.15, 0.2) is 48.0 Å². The number of hydrogen-bond acceptors (Lipinski definition) is 5. The summed E-state index contributed by atoms with van der Waals surface area (Å²) in [6, 6.07) is 11.0. The number of likely N-dealkylation sites (tertiary alicyclic amines) is 1. The first-order valence-electron chi connectivity index (χ1n) is 10.4. The minimum Gasteiger partial charge on any atom is -0.507 e. The van der Waals surface area contributed by atoms with E-state index in [2.05, 4.69) is 0 Å². The van der Waals surface area contributed by atoms with E-state index in [4.69, 9.17) is 27.9 Å². The fourth-order valence-electron chi connectivity index (χ4n) is 3.75. The van der Waals surface area contributed by atoms with Crippen LogP contribution in [0.25, 0.3) is 5.76 Å². The molecule has 2 aromatic rings. The number of Topliss-reactive ketones (excluding diaryl/α,β-unsaturated/α-hetero) is 1. The number of amides is 1. The monoisotopic (exact) mass is 476 g/mol. The van der Waals surface area contributed by atoms with E-state index in [-0.39, 0.29) is 11.3 Å². The summed E-state index contributed by atoms with van der Waals surface area (Å²) >= 11 is 12.3. The number of aliphatic hydroxyl groups excluding tert-OH is 1. The van der Waals surface area contributed by atoms with Gasteiger partial charge in [-0.25, -0.2) is 0 Å². The molecule has 1 atom stereocenters. The summed E-state index contributed by atoms with van der Waals surface area (Å²) in [5, 5.41) is 11.8. The van der Waals surface area contributed by atoms with Crippen LogP contribution in [0, 0.1) is 0 Å². The molecule has 1 unspecified atom stereocenters. The number of ether oxygens (including phenoxy) is 1. The van der Waals surface area contributed by atoms with E-state index in [0.717, 1.165) is 6.54 Å². The van der Waals surface area contributed by atoms with Gasteiger partial charge < -0.3 is 19.6 Å². The maximum Gasteiger partial charge on any atom is 0.295 e. The molecule has 1 fully saturated rings. The SMILES string of the molecule is CCOc1cccc(/C(O)=C2\C(=O)C(=O)N(CCCN(C)C)C2c2ccc(Cl)c(Cl)c2)c1. The highest BCUT2D eigenvalue weighted by Gasteiger charge is 2.45. The predicted octanol–water partition coefficient (Wildman–Crippen LogP) is 4.77. The molecule has 6 nitrogen and oxygen atoms in total. The number of ketones is 1. The van der Waals surface area contributed by atoms with Crippen molar-refractivity contribution in [2.75, 3.05) is 33.8 Å². The Balaban J connectivity index is 2.11. The van der Waals surface area contributed by atoms with Crippen LogP contribution in [0.4, 0.5) is 0 Å². The Bertz CT molecular complexity index is 1050. The van der Waals surface area contributed by atoms with Gasteiger partial charge in [0.2, 0.25) is 0 Å². The Morgan fingerprint density at radius 1 is 1.12 bits per heavy atom. The summed E-state index contributed by atoms with van der Waals surface area (Å²) in [7, 11) is 3.88. The third-order valence-corrected chi connectivity index (χ3v) is 5.96. The van der Waals surface area contributed by atoms with E-state index in [9.17, 15) is 14.7 Å². The average molecular weight is 477 g/mol. The highest BCUT2D eigenvalue weighted by Crippen LogP contribution is 2.41. The first-order chi connectivity index (χ1) is 15.2. The summed E-state index contributed by atoms with van der Waals surface area (Å²) in [5.74, 6) is -1.08. The van der Waals surface area contributed by atoms with Gasteiger partial charge in [-0.15, -0.1) is 0 Å². The van der Waals surface area contributed by atoms with Gasteiger partial charge in [-0.2, -0.15) is 0 Å². The highest BCUT2D eigenvalue weighted by molar-refractivity contribution is 6.46. The van der Waals surface area contributed by atoms with E-state index in [1.807, 2.05) is 25.9 Å². The van der Waals surface area contributed by atoms with Crippen molar-refractivity contribution in [3.05, 3.63) is 69.2 Å². The minimum absolute atomic E-state index is 0.0203. The quantitative estimate of drug-likeness (QED) is 0.337. The molecular formula is C24H26Cl2N2O4. The third kappa shape index (κ3) is 5.09. The Hall–Kier alpha value is -2.54. The summed E-state index contributed by atoms with van der Waals surface area (Å²) < 4.78 is 5.51. The van der Waals surface area contributed by atoms with Crippen molar-refractivity contribution in [2.24, 2.45) is 0 Å². The Labute approximate surface area is 198 Å². The zero-order valence-corrected chi connectivity index (χ0v) is 19.8. The van der Waals surface area contributed by atoms with Gasteiger partial charge in [0.25, 0.3) is 11.7 Å². The fraction of sp³-hybridized carbons (Fsp3) is 0.333. The maximum atomic E-state index is 13.1. The molecule has 1 heterocycles. The van der Waals surface area contributed by atoms with Crippen molar-refractivity contribution in [2.45, 2.75) is 19.4 Å². The predicted molar refractivity (Wildman–Crippen MR) is 126 cm³/mol. The molecule has 32 heavy (non-hydrogen) atoms. The Morgan fingerprint density at radius 3 is 2.53 bits per heavy atom. The van der Waals surface area contributed by atoms with Crippen molar-refractivity contribution in [3.63, 3.8) is 0 Å². The smallest absolute Gasteiger partial charge is 0.295 e. The molecule has 1 aliphatic rings. The topological polar surface area (TPSA) is 70.1 Å².